The molecule has 10 heteroatoms. The number of rotatable bonds is 4. The second-order valence-electron chi connectivity index (χ2n) is 7.91. The third kappa shape index (κ3) is 3.17. The first-order chi connectivity index (χ1) is 14.5. The molecule has 3 aromatic heterocycles. The van der Waals surface area contributed by atoms with Crippen LogP contribution in [0.15, 0.2) is 18.5 Å². The first kappa shape index (κ1) is 19.2. The summed E-state index contributed by atoms with van der Waals surface area (Å²) in [5, 5.41) is 11.2. The Kier molecular flexibility index (Phi) is 4.77. The Balaban J connectivity index is 1.50. The first-order valence-corrected chi connectivity index (χ1v) is 10.3. The predicted molar refractivity (Wildman–Crippen MR) is 108 cm³/mol. The van der Waals surface area contributed by atoms with Crippen molar-refractivity contribution in [3.05, 3.63) is 29.3 Å². The third-order valence-electron chi connectivity index (χ3n) is 6.33. The second-order valence-corrected chi connectivity index (χ2v) is 8.31. The van der Waals surface area contributed by atoms with E-state index < -0.39 is 5.82 Å². The van der Waals surface area contributed by atoms with Crippen molar-refractivity contribution in [2.45, 2.75) is 31.7 Å². The van der Waals surface area contributed by atoms with Gasteiger partial charge in [-0.25, -0.2) is 19.3 Å². The number of esters is 1. The summed E-state index contributed by atoms with van der Waals surface area (Å²) < 4.78 is 18.8. The highest BCUT2D eigenvalue weighted by Crippen LogP contribution is 2.47. The van der Waals surface area contributed by atoms with Gasteiger partial charge in [-0.1, -0.05) is 11.6 Å². The van der Waals surface area contributed by atoms with Gasteiger partial charge in [0.1, 0.15) is 22.4 Å². The van der Waals surface area contributed by atoms with Crippen LogP contribution < -0.4 is 5.32 Å². The van der Waals surface area contributed by atoms with Crippen molar-refractivity contribution < 1.29 is 13.9 Å². The van der Waals surface area contributed by atoms with Crippen LogP contribution in [0.3, 0.4) is 0 Å². The van der Waals surface area contributed by atoms with E-state index in [1.54, 1.807) is 0 Å². The summed E-state index contributed by atoms with van der Waals surface area (Å²) >= 11 is 6.38. The minimum absolute atomic E-state index is 0.111. The molecule has 0 amide bonds. The smallest absolute Gasteiger partial charge is 0.311 e. The first-order valence-electron chi connectivity index (χ1n) is 9.92. The fourth-order valence-electron chi connectivity index (χ4n) is 4.92. The number of methoxy groups -OCH3 is 1. The van der Waals surface area contributed by atoms with E-state index in [1.165, 1.54) is 19.4 Å². The van der Waals surface area contributed by atoms with E-state index in [1.807, 2.05) is 0 Å². The van der Waals surface area contributed by atoms with Crippen molar-refractivity contribution in [2.75, 3.05) is 12.4 Å². The van der Waals surface area contributed by atoms with Crippen molar-refractivity contribution in [3.8, 4) is 11.5 Å². The molecule has 8 nitrogen and oxygen atoms in total. The summed E-state index contributed by atoms with van der Waals surface area (Å²) in [7, 11) is 1.42. The summed E-state index contributed by atoms with van der Waals surface area (Å²) in [6.07, 6.45) is 6.77. The molecule has 156 valence electrons. The van der Waals surface area contributed by atoms with Crippen LogP contribution in [0.4, 0.5) is 10.2 Å². The molecule has 6 rings (SSSR count). The molecule has 3 aromatic rings. The Morgan fingerprint density at radius 2 is 2.00 bits per heavy atom. The van der Waals surface area contributed by atoms with Crippen LogP contribution in [0.5, 0.6) is 0 Å². The number of carbonyl (C=O) groups excluding carboxylic acids is 1. The average molecular weight is 431 g/mol. The number of nitrogens with zero attached hydrogens (tertiary/aromatic N) is 4. The number of fused-ring (bicyclic) bond motifs is 4. The summed E-state index contributed by atoms with van der Waals surface area (Å²) in [5.74, 6) is 0.442. The molecule has 2 atom stereocenters. The summed E-state index contributed by atoms with van der Waals surface area (Å²) in [5.41, 5.74) is 0.821. The Morgan fingerprint density at radius 1 is 1.23 bits per heavy atom. The number of aromatic nitrogens is 5. The summed E-state index contributed by atoms with van der Waals surface area (Å²) in [6.45, 7) is 0. The molecule has 0 aromatic carbocycles. The molecule has 3 heterocycles. The van der Waals surface area contributed by atoms with Gasteiger partial charge in [0.2, 0.25) is 0 Å². The molecule has 2 bridgehead atoms. The molecule has 0 saturated heterocycles. The largest absolute Gasteiger partial charge is 0.469 e. The lowest BCUT2D eigenvalue weighted by Gasteiger charge is -2.47. The van der Waals surface area contributed by atoms with E-state index >= 15 is 0 Å². The number of ether oxygens (including phenoxy) is 1. The highest BCUT2D eigenvalue weighted by atomic mass is 35.5. The average Bonchev–Trinajstić information content (AvgIpc) is 3.18. The highest BCUT2D eigenvalue weighted by Gasteiger charge is 2.48. The number of aromatic amines is 1. The maximum atomic E-state index is 13.7. The van der Waals surface area contributed by atoms with Crippen molar-refractivity contribution in [1.82, 2.24) is 25.1 Å². The lowest BCUT2D eigenvalue weighted by atomic mass is 9.61. The Bertz CT molecular complexity index is 1110. The zero-order chi connectivity index (χ0) is 20.8. The zero-order valence-electron chi connectivity index (χ0n) is 16.2. The number of hydrogen-bond donors (Lipinski definition) is 2. The predicted octanol–water partition coefficient (Wildman–Crippen LogP) is 3.60. The van der Waals surface area contributed by atoms with Gasteiger partial charge < -0.3 is 10.1 Å². The van der Waals surface area contributed by atoms with Crippen molar-refractivity contribution in [1.29, 1.82) is 0 Å². The second kappa shape index (κ2) is 7.46. The Labute approximate surface area is 176 Å². The number of carbonyl (C=O) groups is 1. The van der Waals surface area contributed by atoms with Crippen LogP contribution >= 0.6 is 11.6 Å². The van der Waals surface area contributed by atoms with Crippen LogP contribution in [-0.4, -0.2) is 44.3 Å². The van der Waals surface area contributed by atoms with E-state index in [9.17, 15) is 9.18 Å². The molecule has 0 radical (unpaired) electrons. The van der Waals surface area contributed by atoms with E-state index in [-0.39, 0.29) is 23.8 Å². The quantitative estimate of drug-likeness (QED) is 0.609. The Hall–Kier alpha value is -2.81. The maximum Gasteiger partial charge on any atom is 0.311 e. The summed E-state index contributed by atoms with van der Waals surface area (Å²) in [6, 6.07) is 1.22. The maximum absolute atomic E-state index is 13.7. The lowest BCUT2D eigenvalue weighted by molar-refractivity contribution is -0.152. The molecule has 3 fully saturated rings. The summed E-state index contributed by atoms with van der Waals surface area (Å²) in [4.78, 5) is 25.3. The number of hydrogen-bond acceptors (Lipinski definition) is 7. The van der Waals surface area contributed by atoms with Gasteiger partial charge >= 0.3 is 5.97 Å². The number of nitrogens with one attached hydrogen (secondary N) is 2. The van der Waals surface area contributed by atoms with Gasteiger partial charge in [0.05, 0.1) is 30.8 Å². The van der Waals surface area contributed by atoms with Crippen LogP contribution in [0.2, 0.25) is 5.02 Å². The van der Waals surface area contributed by atoms with Crippen molar-refractivity contribution >= 4 is 34.4 Å². The molecule has 2 N–H and O–H groups in total. The van der Waals surface area contributed by atoms with Crippen LogP contribution in [-0.2, 0) is 9.53 Å². The van der Waals surface area contributed by atoms with Gasteiger partial charge in [0.25, 0.3) is 0 Å². The highest BCUT2D eigenvalue weighted by molar-refractivity contribution is 6.32. The minimum atomic E-state index is -0.475. The molecule has 1 unspecified atom stereocenters. The van der Waals surface area contributed by atoms with Crippen LogP contribution in [0, 0.1) is 23.6 Å². The van der Waals surface area contributed by atoms with Gasteiger partial charge in [0, 0.05) is 6.04 Å². The van der Waals surface area contributed by atoms with Crippen molar-refractivity contribution in [2.24, 2.45) is 17.8 Å². The van der Waals surface area contributed by atoms with Gasteiger partial charge in [0.15, 0.2) is 11.5 Å². The molecular weight excluding hydrogens is 411 g/mol. The number of pyridine rings is 1. The molecule has 3 saturated carbocycles. The van der Waals surface area contributed by atoms with E-state index in [4.69, 9.17) is 16.3 Å². The molecule has 3 aliphatic rings. The van der Waals surface area contributed by atoms with Crippen molar-refractivity contribution in [3.63, 3.8) is 0 Å². The topological polar surface area (TPSA) is 106 Å². The fraction of sp³-hybridized carbons (Fsp3) is 0.450. The van der Waals surface area contributed by atoms with Gasteiger partial charge in [-0.05, 0) is 43.6 Å². The van der Waals surface area contributed by atoms with Gasteiger partial charge in [-0.15, -0.1) is 0 Å². The number of halogens is 2. The van der Waals surface area contributed by atoms with E-state index in [0.717, 1.165) is 31.9 Å². The molecule has 0 spiro atoms. The van der Waals surface area contributed by atoms with E-state index in [2.05, 4.69) is 30.5 Å². The molecular formula is C20H20ClFN6O2. The normalized spacial score (nSPS) is 25.4. The Morgan fingerprint density at radius 3 is 2.77 bits per heavy atom. The minimum Gasteiger partial charge on any atom is -0.469 e. The SMILES string of the molecule is COC(=O)[C@@H]1C2CCC(CC2)C1Nc1nc(-c2n[nH]c3ncc(F)cc23)ncc1Cl. The van der Waals surface area contributed by atoms with Crippen LogP contribution in [0.25, 0.3) is 22.6 Å². The van der Waals surface area contributed by atoms with E-state index in [0.29, 0.717) is 39.4 Å². The van der Waals surface area contributed by atoms with Crippen LogP contribution in [0.1, 0.15) is 25.7 Å². The number of anilines is 1. The fourth-order valence-corrected chi connectivity index (χ4v) is 5.07. The standard InChI is InChI=1S/C20H20ClFN6O2/c1-30-20(29)14-9-2-4-10(5-3-9)15(14)25-18-13(21)8-24-19(26-18)16-12-6-11(22)7-23-17(12)28-27-16/h6-10,14-15H,2-5H2,1H3,(H,23,27,28)(H,24,25,26)/t9?,10?,14-,15?/m1/s1. The lowest BCUT2D eigenvalue weighted by Crippen LogP contribution is -2.51. The van der Waals surface area contributed by atoms with Gasteiger partial charge in [-0.3, -0.25) is 9.89 Å². The molecule has 0 aliphatic heterocycles. The van der Waals surface area contributed by atoms with Gasteiger partial charge in [-0.2, -0.15) is 5.10 Å². The number of H-pyrrole nitrogens is 1. The monoisotopic (exact) mass is 430 g/mol. The molecule has 30 heavy (non-hydrogen) atoms. The third-order valence-corrected chi connectivity index (χ3v) is 6.61. The zero-order valence-corrected chi connectivity index (χ0v) is 17.0. The molecule has 3 aliphatic carbocycles.